The van der Waals surface area contributed by atoms with E-state index in [9.17, 15) is 0 Å². The van der Waals surface area contributed by atoms with E-state index in [1.165, 1.54) is 0 Å². The molecule has 24 heavy (non-hydrogen) atoms. The summed E-state index contributed by atoms with van der Waals surface area (Å²) in [4.78, 5) is 44.1. The van der Waals surface area contributed by atoms with Crippen molar-refractivity contribution in [2.75, 3.05) is 0 Å². The van der Waals surface area contributed by atoms with Crippen molar-refractivity contribution < 1.29 is 59.7 Å². The standard InChI is InChI=1S/3C2H4O2.2CH2O3.2Ca.2Na.6H/c3*1-2(3)4;2*2-1(3)4;;;;;;;;;;/h3*1H3,(H,3,4);2*(H2,2,3,4);;;;;;;;;;. The Morgan fingerprint density at radius 3 is 0.458 bits per heavy atom. The van der Waals surface area contributed by atoms with Crippen molar-refractivity contribution >= 4 is 165 Å². The summed E-state index contributed by atoms with van der Waals surface area (Å²) in [6.45, 7) is 3.25. The summed E-state index contributed by atoms with van der Waals surface area (Å²) >= 11 is 0. The monoisotopic (exact) mass is 436 g/mol. The zero-order valence-corrected chi connectivity index (χ0v) is 10.7. The molecule has 0 bridgehead atoms. The van der Waals surface area contributed by atoms with Crippen LogP contribution < -0.4 is 0 Å². The second-order valence-corrected chi connectivity index (χ2v) is 2.12. The van der Waals surface area contributed by atoms with Crippen LogP contribution in [-0.4, -0.2) is 201 Å². The van der Waals surface area contributed by atoms with Gasteiger partial charge in [0.2, 0.25) is 0 Å². The van der Waals surface area contributed by atoms with Crippen LogP contribution in [0.2, 0.25) is 0 Å². The molecular weight excluding hydrogens is 414 g/mol. The van der Waals surface area contributed by atoms with Crippen molar-refractivity contribution in [1.29, 1.82) is 0 Å². The number of hydrogen-bond donors (Lipinski definition) is 7. The van der Waals surface area contributed by atoms with Gasteiger partial charge >= 0.3 is 147 Å². The molecule has 12 nitrogen and oxygen atoms in total. The fourth-order valence-corrected chi connectivity index (χ4v) is 0. The molecule has 0 aromatic carbocycles. The third-order valence-corrected chi connectivity index (χ3v) is 0. The molecule has 0 aliphatic heterocycles. The molecule has 0 saturated carbocycles. The summed E-state index contributed by atoms with van der Waals surface area (Å²) in [5, 5.41) is 50.1. The Kier molecular flexibility index (Phi) is 116. The summed E-state index contributed by atoms with van der Waals surface area (Å²) in [5.74, 6) is -2.50. The van der Waals surface area contributed by atoms with Gasteiger partial charge in [-0.1, -0.05) is 0 Å². The molecular formula is C8H22Ca2Na2O12. The Morgan fingerprint density at radius 2 is 0.458 bits per heavy atom. The van der Waals surface area contributed by atoms with Gasteiger partial charge in [-0.3, -0.25) is 14.4 Å². The summed E-state index contributed by atoms with van der Waals surface area (Å²) < 4.78 is 0. The number of carbonyl (C=O) groups is 5. The Labute approximate surface area is 241 Å². The average Bonchev–Trinajstić information content (AvgIpc) is 1.94. The van der Waals surface area contributed by atoms with E-state index in [-0.39, 0.29) is 135 Å². The van der Waals surface area contributed by atoms with E-state index in [2.05, 4.69) is 0 Å². The minimum atomic E-state index is -1.83. The van der Waals surface area contributed by atoms with Crippen molar-refractivity contribution in [1.82, 2.24) is 0 Å². The van der Waals surface area contributed by atoms with Crippen molar-refractivity contribution in [2.45, 2.75) is 20.8 Å². The first-order chi connectivity index (χ1) is 8.66. The first-order valence-corrected chi connectivity index (χ1v) is 4.09. The third-order valence-electron chi connectivity index (χ3n) is 0. The van der Waals surface area contributed by atoms with Gasteiger partial charge in [0.1, 0.15) is 0 Å². The Morgan fingerprint density at radius 1 is 0.458 bits per heavy atom. The molecule has 0 spiro atoms. The molecule has 0 aromatic rings. The van der Waals surface area contributed by atoms with Gasteiger partial charge in [0.25, 0.3) is 17.9 Å². The molecule has 0 unspecified atom stereocenters. The van der Waals surface area contributed by atoms with Crippen LogP contribution in [0.3, 0.4) is 0 Å². The van der Waals surface area contributed by atoms with Crippen LogP contribution in [0.15, 0.2) is 0 Å². The van der Waals surface area contributed by atoms with E-state index in [0.29, 0.717) is 0 Å². The molecule has 0 rings (SSSR count). The summed E-state index contributed by atoms with van der Waals surface area (Å²) in [7, 11) is 0. The third kappa shape index (κ3) is 5490. The zero-order chi connectivity index (χ0) is 17.9. The maximum atomic E-state index is 9.00. The topological polar surface area (TPSA) is 227 Å². The number of rotatable bonds is 0. The average molecular weight is 436 g/mol. The zero-order valence-electron chi connectivity index (χ0n) is 10.7. The molecule has 16 heteroatoms. The van der Waals surface area contributed by atoms with Crippen LogP contribution in [0.25, 0.3) is 0 Å². The molecule has 0 atom stereocenters. The molecule has 132 valence electrons. The molecule has 0 aliphatic rings. The van der Waals surface area contributed by atoms with E-state index in [4.69, 9.17) is 59.7 Å². The molecule has 0 amide bonds. The second-order valence-electron chi connectivity index (χ2n) is 2.12. The van der Waals surface area contributed by atoms with Gasteiger partial charge < -0.3 is 35.7 Å². The second kappa shape index (κ2) is 49.7. The molecule has 0 fully saturated rings. The Hall–Kier alpha value is 1.47. The Balaban J connectivity index is -0.0000000161. The van der Waals surface area contributed by atoms with Crippen LogP contribution in [-0.2, 0) is 14.4 Å². The first kappa shape index (κ1) is 56.2. The summed E-state index contributed by atoms with van der Waals surface area (Å²) in [5.41, 5.74) is 0. The molecule has 0 radical (unpaired) electrons. The first-order valence-electron chi connectivity index (χ1n) is 4.09. The van der Waals surface area contributed by atoms with Crippen LogP contribution in [0.4, 0.5) is 9.59 Å². The van der Waals surface area contributed by atoms with Gasteiger partial charge in [-0.25, -0.2) is 9.59 Å². The predicted octanol–water partition coefficient (Wildman–Crippen LogP) is -2.41. The molecule has 0 heterocycles. The van der Waals surface area contributed by atoms with E-state index < -0.39 is 30.2 Å². The number of carboxylic acid groups (broad SMARTS) is 7. The van der Waals surface area contributed by atoms with E-state index in [1.54, 1.807) is 0 Å². The van der Waals surface area contributed by atoms with E-state index in [0.717, 1.165) is 20.8 Å². The van der Waals surface area contributed by atoms with Gasteiger partial charge in [0, 0.05) is 20.8 Å². The summed E-state index contributed by atoms with van der Waals surface area (Å²) in [6, 6.07) is 0. The van der Waals surface area contributed by atoms with Crippen LogP contribution >= 0.6 is 0 Å². The van der Waals surface area contributed by atoms with Crippen molar-refractivity contribution in [3.05, 3.63) is 0 Å². The molecule has 7 N–H and O–H groups in total. The normalized spacial score (nSPS) is 5.12. The maximum absolute atomic E-state index is 9.00. The quantitative estimate of drug-likeness (QED) is 0.197. The van der Waals surface area contributed by atoms with E-state index in [1.807, 2.05) is 0 Å². The van der Waals surface area contributed by atoms with Crippen molar-refractivity contribution in [2.24, 2.45) is 0 Å². The van der Waals surface area contributed by atoms with Gasteiger partial charge in [0.15, 0.2) is 0 Å². The fraction of sp³-hybridized carbons (Fsp3) is 0.375. The van der Waals surface area contributed by atoms with Crippen molar-refractivity contribution in [3.8, 4) is 0 Å². The van der Waals surface area contributed by atoms with Crippen LogP contribution in [0.5, 0.6) is 0 Å². The summed E-state index contributed by atoms with van der Waals surface area (Å²) in [6.07, 6.45) is -3.67. The van der Waals surface area contributed by atoms with Crippen LogP contribution in [0.1, 0.15) is 20.8 Å². The predicted molar refractivity (Wildman–Crippen MR) is 92.6 cm³/mol. The van der Waals surface area contributed by atoms with Gasteiger partial charge in [-0.05, 0) is 0 Å². The SMILES string of the molecule is CC(=O)O.CC(=O)O.CC(=O)O.O=C(O)O.O=C(O)O.[CaH2].[CaH2].[NaH].[NaH]. The number of aliphatic carboxylic acids is 3. The Bertz CT molecular complexity index is 224. The minimum absolute atomic E-state index is 0. The molecule has 0 aromatic heterocycles. The number of carboxylic acids is 3. The van der Waals surface area contributed by atoms with Gasteiger partial charge in [-0.15, -0.1) is 0 Å². The van der Waals surface area contributed by atoms with Crippen LogP contribution in [0, 0.1) is 0 Å². The van der Waals surface area contributed by atoms with E-state index >= 15 is 0 Å². The number of hydrogen-bond acceptors (Lipinski definition) is 5. The van der Waals surface area contributed by atoms with Crippen molar-refractivity contribution in [3.63, 3.8) is 0 Å². The van der Waals surface area contributed by atoms with Gasteiger partial charge in [0.05, 0.1) is 0 Å². The molecule has 0 saturated heterocycles. The molecule has 0 aliphatic carbocycles. The fourth-order valence-electron chi connectivity index (χ4n) is 0. The van der Waals surface area contributed by atoms with Gasteiger partial charge in [-0.2, -0.15) is 0 Å².